The molecule has 0 aliphatic carbocycles. The molecule has 0 fully saturated rings. The van der Waals surface area contributed by atoms with Crippen molar-refractivity contribution < 1.29 is 28.6 Å². The van der Waals surface area contributed by atoms with E-state index in [1.807, 2.05) is 0 Å². The molecule has 0 aliphatic rings. The zero-order chi connectivity index (χ0) is 46.5. The molecule has 0 aliphatic heterocycles. The number of carbonyl (C=O) groups is 3. The van der Waals surface area contributed by atoms with Gasteiger partial charge in [-0.2, -0.15) is 0 Å². The SMILES string of the molecule is CCCCC/C=C\C/C=C\CCCCCCCCCCCC(=O)OC[C@@H](COC(=O)CCCCCCCCCCCCCC)OC(=O)CCCCCCCCCCCCCCCCC. The van der Waals surface area contributed by atoms with E-state index in [-0.39, 0.29) is 31.1 Å². The molecule has 0 spiro atoms. The van der Waals surface area contributed by atoms with Crippen LogP contribution in [0.25, 0.3) is 0 Å². The van der Waals surface area contributed by atoms with E-state index in [4.69, 9.17) is 14.2 Å². The summed E-state index contributed by atoms with van der Waals surface area (Å²) in [5.41, 5.74) is 0. The van der Waals surface area contributed by atoms with Crippen molar-refractivity contribution in [3.05, 3.63) is 24.3 Å². The summed E-state index contributed by atoms with van der Waals surface area (Å²) >= 11 is 0. The minimum atomic E-state index is -0.767. The zero-order valence-corrected chi connectivity index (χ0v) is 43.1. The number of carbonyl (C=O) groups excluding carboxylic acids is 3. The van der Waals surface area contributed by atoms with E-state index < -0.39 is 6.10 Å². The van der Waals surface area contributed by atoms with Crippen LogP contribution in [0, 0.1) is 0 Å². The van der Waals surface area contributed by atoms with Crippen molar-refractivity contribution >= 4 is 17.9 Å². The van der Waals surface area contributed by atoms with Crippen molar-refractivity contribution in [3.63, 3.8) is 0 Å². The lowest BCUT2D eigenvalue weighted by Crippen LogP contribution is -2.30. The van der Waals surface area contributed by atoms with Gasteiger partial charge in [0.15, 0.2) is 6.10 Å². The highest BCUT2D eigenvalue weighted by atomic mass is 16.6. The number of hydrogen-bond donors (Lipinski definition) is 0. The molecule has 1 atom stereocenters. The fraction of sp³-hybridized carbons (Fsp3) is 0.879. The second-order valence-corrected chi connectivity index (χ2v) is 19.2. The topological polar surface area (TPSA) is 78.9 Å². The summed E-state index contributed by atoms with van der Waals surface area (Å²) < 4.78 is 16.9. The second-order valence-electron chi connectivity index (χ2n) is 19.2. The van der Waals surface area contributed by atoms with Crippen molar-refractivity contribution in [3.8, 4) is 0 Å². The van der Waals surface area contributed by atoms with Crippen LogP contribution in [0.15, 0.2) is 24.3 Å². The Bertz CT molecular complexity index is 1040. The third-order valence-electron chi connectivity index (χ3n) is 12.7. The Morgan fingerprint density at radius 3 is 0.891 bits per heavy atom. The molecule has 0 amide bonds. The Morgan fingerprint density at radius 2 is 0.562 bits per heavy atom. The second kappa shape index (κ2) is 53.5. The van der Waals surface area contributed by atoms with Gasteiger partial charge in [0.2, 0.25) is 0 Å². The van der Waals surface area contributed by atoms with E-state index in [1.54, 1.807) is 0 Å². The molecule has 64 heavy (non-hydrogen) atoms. The molecule has 0 unspecified atom stereocenters. The number of allylic oxidation sites excluding steroid dienone is 4. The monoisotopic (exact) mass is 901 g/mol. The first-order chi connectivity index (χ1) is 31.5. The fourth-order valence-corrected chi connectivity index (χ4v) is 8.42. The Kier molecular flexibility index (Phi) is 51.7. The van der Waals surface area contributed by atoms with Gasteiger partial charge in [-0.25, -0.2) is 0 Å². The van der Waals surface area contributed by atoms with E-state index >= 15 is 0 Å². The molecular formula is C58H108O6. The highest BCUT2D eigenvalue weighted by Gasteiger charge is 2.19. The average molecular weight is 901 g/mol. The molecule has 6 heteroatoms. The van der Waals surface area contributed by atoms with Crippen LogP contribution in [0.1, 0.15) is 310 Å². The number of ether oxygens (including phenoxy) is 3. The van der Waals surface area contributed by atoms with Gasteiger partial charge in [0, 0.05) is 19.3 Å². The first-order valence-electron chi connectivity index (χ1n) is 28.3. The van der Waals surface area contributed by atoms with Crippen molar-refractivity contribution in [2.75, 3.05) is 13.2 Å². The molecule has 0 rings (SSSR count). The Morgan fingerprint density at radius 1 is 0.312 bits per heavy atom. The van der Waals surface area contributed by atoms with Gasteiger partial charge in [-0.3, -0.25) is 14.4 Å². The third-order valence-corrected chi connectivity index (χ3v) is 12.7. The van der Waals surface area contributed by atoms with Crippen LogP contribution in [-0.4, -0.2) is 37.2 Å². The van der Waals surface area contributed by atoms with Crippen molar-refractivity contribution in [1.82, 2.24) is 0 Å². The standard InChI is InChI=1S/C58H108O6/c1-4-7-10-13-16-19-22-25-27-28-29-30-32-33-36-39-42-45-48-51-57(60)63-54-55(53-62-56(59)50-47-44-41-38-35-24-21-18-15-12-9-6-3)64-58(61)52-49-46-43-40-37-34-31-26-23-20-17-14-11-8-5-2/h16,19,25,27,55H,4-15,17-18,20-24,26,28-54H2,1-3H3/b19-16-,27-25-/t55-/m1/s1. The van der Waals surface area contributed by atoms with Gasteiger partial charge in [-0.05, 0) is 51.4 Å². The molecule has 0 saturated carbocycles. The summed E-state index contributed by atoms with van der Waals surface area (Å²) in [6.45, 7) is 6.65. The van der Waals surface area contributed by atoms with E-state index in [0.29, 0.717) is 19.3 Å². The third kappa shape index (κ3) is 50.9. The number of hydrogen-bond acceptors (Lipinski definition) is 6. The lowest BCUT2D eigenvalue weighted by molar-refractivity contribution is -0.167. The van der Waals surface area contributed by atoms with Gasteiger partial charge in [0.25, 0.3) is 0 Å². The fourth-order valence-electron chi connectivity index (χ4n) is 8.42. The van der Waals surface area contributed by atoms with Gasteiger partial charge in [-0.1, -0.05) is 263 Å². The molecule has 0 aromatic heterocycles. The molecule has 376 valence electrons. The Labute approximate surface area is 398 Å². The molecule has 0 saturated heterocycles. The van der Waals surface area contributed by atoms with Gasteiger partial charge in [0.05, 0.1) is 0 Å². The lowest BCUT2D eigenvalue weighted by Gasteiger charge is -2.18. The van der Waals surface area contributed by atoms with Crippen molar-refractivity contribution in [2.24, 2.45) is 0 Å². The maximum atomic E-state index is 12.8. The van der Waals surface area contributed by atoms with Gasteiger partial charge in [-0.15, -0.1) is 0 Å². The van der Waals surface area contributed by atoms with Crippen LogP contribution in [0.3, 0.4) is 0 Å². The predicted octanol–water partition coefficient (Wildman–Crippen LogP) is 18.7. The molecule has 0 N–H and O–H groups in total. The summed E-state index contributed by atoms with van der Waals surface area (Å²) in [5, 5.41) is 0. The molecule has 0 heterocycles. The summed E-state index contributed by atoms with van der Waals surface area (Å²) in [5.74, 6) is -0.852. The molecule has 0 radical (unpaired) electrons. The average Bonchev–Trinajstić information content (AvgIpc) is 3.29. The van der Waals surface area contributed by atoms with Crippen LogP contribution in [0.2, 0.25) is 0 Å². The zero-order valence-electron chi connectivity index (χ0n) is 43.1. The van der Waals surface area contributed by atoms with Crippen LogP contribution in [-0.2, 0) is 28.6 Å². The maximum Gasteiger partial charge on any atom is 0.306 e. The summed E-state index contributed by atoms with van der Waals surface area (Å²) in [6, 6.07) is 0. The van der Waals surface area contributed by atoms with E-state index in [2.05, 4.69) is 45.1 Å². The first-order valence-corrected chi connectivity index (χ1v) is 28.3. The van der Waals surface area contributed by atoms with Crippen molar-refractivity contribution in [1.29, 1.82) is 0 Å². The Hall–Kier alpha value is -2.11. The highest BCUT2D eigenvalue weighted by molar-refractivity contribution is 5.71. The number of rotatable bonds is 52. The lowest BCUT2D eigenvalue weighted by atomic mass is 10.0. The molecule has 0 aromatic carbocycles. The van der Waals surface area contributed by atoms with Crippen LogP contribution >= 0.6 is 0 Å². The summed E-state index contributed by atoms with van der Waals surface area (Å²) in [7, 11) is 0. The Balaban J connectivity index is 4.30. The predicted molar refractivity (Wildman–Crippen MR) is 275 cm³/mol. The minimum absolute atomic E-state index is 0.0669. The summed E-state index contributed by atoms with van der Waals surface area (Å²) in [6.07, 6.45) is 61.6. The first kappa shape index (κ1) is 61.9. The highest BCUT2D eigenvalue weighted by Crippen LogP contribution is 2.17. The van der Waals surface area contributed by atoms with E-state index in [0.717, 1.165) is 64.2 Å². The van der Waals surface area contributed by atoms with E-state index in [1.165, 1.54) is 205 Å². The van der Waals surface area contributed by atoms with Gasteiger partial charge < -0.3 is 14.2 Å². The smallest absolute Gasteiger partial charge is 0.306 e. The molecule has 0 bridgehead atoms. The maximum absolute atomic E-state index is 12.8. The minimum Gasteiger partial charge on any atom is -0.462 e. The van der Waals surface area contributed by atoms with E-state index in [9.17, 15) is 14.4 Å². The van der Waals surface area contributed by atoms with Gasteiger partial charge in [0.1, 0.15) is 13.2 Å². The number of esters is 3. The van der Waals surface area contributed by atoms with Crippen LogP contribution < -0.4 is 0 Å². The molecule has 0 aromatic rings. The van der Waals surface area contributed by atoms with Gasteiger partial charge >= 0.3 is 17.9 Å². The number of unbranched alkanes of at least 4 members (excludes halogenated alkanes) is 37. The van der Waals surface area contributed by atoms with Crippen LogP contribution in [0.5, 0.6) is 0 Å². The summed E-state index contributed by atoms with van der Waals surface area (Å²) in [4.78, 5) is 38.1. The normalized spacial score (nSPS) is 12.1. The van der Waals surface area contributed by atoms with Crippen LogP contribution in [0.4, 0.5) is 0 Å². The quantitative estimate of drug-likeness (QED) is 0.0262. The van der Waals surface area contributed by atoms with Crippen molar-refractivity contribution in [2.45, 2.75) is 316 Å². The largest absolute Gasteiger partial charge is 0.462 e. The molecular weight excluding hydrogens is 793 g/mol. The molecule has 6 nitrogen and oxygen atoms in total.